The smallest absolute Gasteiger partial charge is 0.179 e. The average molecular weight is 948 g/mol. The standard InChI is InChI=1S/C70H49NOSi/c1-6-21-50(22-7-1)51-43-45-56(46-44-51)71(55-24-8-2-9-25-55)68-48-47-61(64-33-16-17-34-65(64)68)52-39-41-53(42-40-52)62-35-19-37-66-67-38-20-36-63(70(67)72-69(62)66)54-23-18-32-60(49-54)73(57-26-10-3-11-27-57,58-28-12-4-13-29-58)59-30-14-5-15-31-59/h1-49H. The fourth-order valence-corrected chi connectivity index (χ4v) is 16.1. The number of hydrogen-bond acceptors (Lipinski definition) is 2. The lowest BCUT2D eigenvalue weighted by Gasteiger charge is -2.34. The number of rotatable bonds is 11. The van der Waals surface area contributed by atoms with Crippen molar-refractivity contribution >= 4 is 78.6 Å². The van der Waals surface area contributed by atoms with Crippen LogP contribution in [0.2, 0.25) is 0 Å². The summed E-state index contributed by atoms with van der Waals surface area (Å²) in [5.41, 5.74) is 14.3. The Morgan fingerprint density at radius 1 is 0.247 bits per heavy atom. The molecule has 1 aromatic heterocycles. The van der Waals surface area contributed by atoms with Crippen molar-refractivity contribution in [2.45, 2.75) is 0 Å². The van der Waals surface area contributed by atoms with Crippen LogP contribution in [0.4, 0.5) is 17.1 Å². The Morgan fingerprint density at radius 2 is 0.644 bits per heavy atom. The summed E-state index contributed by atoms with van der Waals surface area (Å²) in [6.45, 7) is 0. The highest BCUT2D eigenvalue weighted by Gasteiger charge is 2.41. The van der Waals surface area contributed by atoms with E-state index in [0.29, 0.717) is 0 Å². The largest absolute Gasteiger partial charge is 0.455 e. The third-order valence-electron chi connectivity index (χ3n) is 14.6. The lowest BCUT2D eigenvalue weighted by atomic mass is 9.94. The minimum atomic E-state index is -2.74. The maximum absolute atomic E-state index is 7.12. The third-order valence-corrected chi connectivity index (χ3v) is 19.4. The molecule has 0 N–H and O–H groups in total. The van der Waals surface area contributed by atoms with Crippen molar-refractivity contribution in [1.29, 1.82) is 0 Å². The molecule has 0 aliphatic carbocycles. The Balaban J connectivity index is 0.877. The predicted molar refractivity (Wildman–Crippen MR) is 311 cm³/mol. The number of anilines is 3. The van der Waals surface area contributed by atoms with Crippen molar-refractivity contribution in [1.82, 2.24) is 0 Å². The number of fused-ring (bicyclic) bond motifs is 4. The molecule has 73 heavy (non-hydrogen) atoms. The maximum Gasteiger partial charge on any atom is 0.179 e. The molecule has 0 fully saturated rings. The number of benzene rings is 12. The number of hydrogen-bond donors (Lipinski definition) is 0. The lowest BCUT2D eigenvalue weighted by molar-refractivity contribution is 0.671. The molecule has 0 saturated carbocycles. The summed E-state index contributed by atoms with van der Waals surface area (Å²) in [5, 5.41) is 9.97. The third kappa shape index (κ3) is 7.75. The average Bonchev–Trinajstić information content (AvgIpc) is 3.87. The van der Waals surface area contributed by atoms with Gasteiger partial charge in [-0.3, -0.25) is 0 Å². The van der Waals surface area contributed by atoms with Gasteiger partial charge in [0.05, 0.1) is 5.69 Å². The molecule has 0 aliphatic rings. The molecule has 0 aliphatic heterocycles. The first-order valence-corrected chi connectivity index (χ1v) is 27.1. The van der Waals surface area contributed by atoms with E-state index in [4.69, 9.17) is 4.42 Å². The molecule has 13 rings (SSSR count). The van der Waals surface area contributed by atoms with Gasteiger partial charge in [-0.1, -0.05) is 267 Å². The molecule has 3 heteroatoms. The molecule has 0 radical (unpaired) electrons. The summed E-state index contributed by atoms with van der Waals surface area (Å²) < 4.78 is 7.12. The van der Waals surface area contributed by atoms with Gasteiger partial charge in [-0.15, -0.1) is 0 Å². The number of nitrogens with zero attached hydrogens (tertiary/aromatic N) is 1. The van der Waals surface area contributed by atoms with E-state index >= 15 is 0 Å². The maximum atomic E-state index is 7.12. The summed E-state index contributed by atoms with van der Waals surface area (Å²) in [6.07, 6.45) is 0. The van der Waals surface area contributed by atoms with E-state index in [2.05, 4.69) is 302 Å². The summed E-state index contributed by atoms with van der Waals surface area (Å²) in [5.74, 6) is 0. The monoisotopic (exact) mass is 947 g/mol. The zero-order valence-corrected chi connectivity index (χ0v) is 41.1. The molecule has 1 heterocycles. The normalized spacial score (nSPS) is 11.6. The van der Waals surface area contributed by atoms with Crippen molar-refractivity contribution in [2.24, 2.45) is 0 Å². The Labute approximate surface area is 427 Å². The van der Waals surface area contributed by atoms with Crippen LogP contribution in [0.1, 0.15) is 0 Å². The lowest BCUT2D eigenvalue weighted by Crippen LogP contribution is -2.74. The molecule has 13 aromatic rings. The van der Waals surface area contributed by atoms with Crippen LogP contribution in [0.15, 0.2) is 302 Å². The zero-order valence-electron chi connectivity index (χ0n) is 40.1. The van der Waals surface area contributed by atoms with Gasteiger partial charge in [-0.05, 0) is 89.8 Å². The highest BCUT2D eigenvalue weighted by Crippen LogP contribution is 2.44. The Morgan fingerprint density at radius 3 is 1.22 bits per heavy atom. The van der Waals surface area contributed by atoms with E-state index in [0.717, 1.165) is 66.8 Å². The van der Waals surface area contributed by atoms with E-state index in [1.165, 1.54) is 48.2 Å². The predicted octanol–water partition coefficient (Wildman–Crippen LogP) is 16.3. The van der Waals surface area contributed by atoms with Gasteiger partial charge >= 0.3 is 0 Å². The van der Waals surface area contributed by atoms with E-state index in [9.17, 15) is 0 Å². The van der Waals surface area contributed by atoms with Crippen molar-refractivity contribution in [3.63, 3.8) is 0 Å². The highest BCUT2D eigenvalue weighted by molar-refractivity contribution is 7.19. The van der Waals surface area contributed by atoms with Crippen LogP contribution in [0.25, 0.3) is 77.2 Å². The molecule has 0 atom stereocenters. The van der Waals surface area contributed by atoms with Crippen LogP contribution >= 0.6 is 0 Å². The molecule has 2 nitrogen and oxygen atoms in total. The highest BCUT2D eigenvalue weighted by atomic mass is 28.3. The first kappa shape index (κ1) is 43.7. The Bertz CT molecular complexity index is 3950. The van der Waals surface area contributed by atoms with Gasteiger partial charge in [0.1, 0.15) is 11.2 Å². The van der Waals surface area contributed by atoms with Crippen molar-refractivity contribution in [3.05, 3.63) is 297 Å². The molecular weight excluding hydrogens is 899 g/mol. The summed E-state index contributed by atoms with van der Waals surface area (Å²) in [4.78, 5) is 2.37. The van der Waals surface area contributed by atoms with Crippen molar-refractivity contribution in [2.75, 3.05) is 4.90 Å². The van der Waals surface area contributed by atoms with Gasteiger partial charge in [-0.2, -0.15) is 0 Å². The van der Waals surface area contributed by atoms with Gasteiger partial charge in [0.15, 0.2) is 8.07 Å². The SMILES string of the molecule is c1ccc(-c2ccc(N(c3ccccc3)c3ccc(-c4ccc(-c5cccc6c5oc5c(-c7cccc([Si](c8ccccc8)(c8ccccc8)c8ccccc8)c7)cccc56)cc4)c4ccccc34)cc2)cc1. The van der Waals surface area contributed by atoms with Crippen LogP contribution in [0.5, 0.6) is 0 Å². The summed E-state index contributed by atoms with van der Waals surface area (Å²) in [6, 6.07) is 108. The van der Waals surface area contributed by atoms with Crippen molar-refractivity contribution in [3.8, 4) is 44.5 Å². The van der Waals surface area contributed by atoms with Gasteiger partial charge in [0.2, 0.25) is 0 Å². The Kier molecular flexibility index (Phi) is 11.3. The van der Waals surface area contributed by atoms with E-state index < -0.39 is 8.07 Å². The van der Waals surface area contributed by atoms with E-state index in [-0.39, 0.29) is 0 Å². The minimum Gasteiger partial charge on any atom is -0.455 e. The van der Waals surface area contributed by atoms with E-state index in [1.807, 2.05) is 0 Å². The molecule has 0 amide bonds. The zero-order chi connectivity index (χ0) is 48.6. The van der Waals surface area contributed by atoms with Gasteiger partial charge < -0.3 is 9.32 Å². The van der Waals surface area contributed by atoms with Crippen LogP contribution in [-0.2, 0) is 0 Å². The first-order valence-electron chi connectivity index (χ1n) is 25.1. The van der Waals surface area contributed by atoms with E-state index in [1.54, 1.807) is 0 Å². The molecule has 0 unspecified atom stereocenters. The molecule has 0 bridgehead atoms. The summed E-state index contributed by atoms with van der Waals surface area (Å²) >= 11 is 0. The Hall–Kier alpha value is -9.28. The van der Waals surface area contributed by atoms with Crippen LogP contribution in [-0.4, -0.2) is 8.07 Å². The van der Waals surface area contributed by atoms with Crippen LogP contribution in [0, 0.1) is 0 Å². The minimum absolute atomic E-state index is 0.892. The molecule has 344 valence electrons. The quantitative estimate of drug-likeness (QED) is 0.0949. The molecular formula is C70H49NOSi. The van der Waals surface area contributed by atoms with Gasteiger partial charge in [-0.25, -0.2) is 0 Å². The fraction of sp³-hybridized carbons (Fsp3) is 0. The van der Waals surface area contributed by atoms with Crippen molar-refractivity contribution < 1.29 is 4.42 Å². The second-order valence-electron chi connectivity index (χ2n) is 18.7. The number of furan rings is 1. The topological polar surface area (TPSA) is 16.4 Å². The first-order chi connectivity index (χ1) is 36.2. The fourth-order valence-electron chi connectivity index (χ4n) is 11.3. The second-order valence-corrected chi connectivity index (χ2v) is 22.5. The van der Waals surface area contributed by atoms with Crippen LogP contribution < -0.4 is 25.6 Å². The second kappa shape index (κ2) is 18.8. The number of para-hydroxylation sites is 3. The van der Waals surface area contributed by atoms with Gasteiger partial charge in [0, 0.05) is 38.7 Å². The molecule has 12 aromatic carbocycles. The molecule has 0 saturated heterocycles. The van der Waals surface area contributed by atoms with Gasteiger partial charge in [0.25, 0.3) is 0 Å². The van der Waals surface area contributed by atoms with Crippen LogP contribution in [0.3, 0.4) is 0 Å². The molecule has 0 spiro atoms. The summed E-state index contributed by atoms with van der Waals surface area (Å²) in [7, 11) is -2.74.